The Balaban J connectivity index is 1.75. The molecule has 2 aliphatic carbocycles. The minimum Gasteiger partial charge on any atom is -0.396 e. The summed E-state index contributed by atoms with van der Waals surface area (Å²) in [5.41, 5.74) is -0.621. The highest BCUT2D eigenvalue weighted by atomic mass is 16.3. The van der Waals surface area contributed by atoms with Crippen molar-refractivity contribution in [2.45, 2.75) is 70.6 Å². The van der Waals surface area contributed by atoms with Crippen LogP contribution in [0.25, 0.3) is 0 Å². The number of carbonyl (C=O) groups excluding carboxylic acids is 2. The van der Waals surface area contributed by atoms with Crippen LogP contribution in [-0.2, 0) is 9.59 Å². The van der Waals surface area contributed by atoms with Gasteiger partial charge in [0.2, 0.25) is 11.8 Å². The summed E-state index contributed by atoms with van der Waals surface area (Å²) in [6.45, 7) is 0.542. The van der Waals surface area contributed by atoms with Gasteiger partial charge in [-0.25, -0.2) is 0 Å². The molecular weight excluding hydrogens is 266 g/mol. The minimum absolute atomic E-state index is 0.000276. The monoisotopic (exact) mass is 293 g/mol. The van der Waals surface area contributed by atoms with E-state index >= 15 is 0 Å². The average Bonchev–Trinajstić information content (AvgIpc) is 2.73. The third-order valence-electron chi connectivity index (χ3n) is 6.04. The van der Waals surface area contributed by atoms with Crippen LogP contribution in [0, 0.1) is 10.8 Å². The first-order valence-electron chi connectivity index (χ1n) is 8.57. The molecule has 2 saturated carbocycles. The molecule has 0 radical (unpaired) electrons. The summed E-state index contributed by atoms with van der Waals surface area (Å²) < 4.78 is 0. The van der Waals surface area contributed by atoms with Gasteiger partial charge in [0, 0.05) is 18.4 Å². The fraction of sp³-hybridized carbons (Fsp3) is 0.882. The molecule has 0 aromatic carbocycles. The molecule has 0 bridgehead atoms. The molecule has 0 unspecified atom stereocenters. The predicted molar refractivity (Wildman–Crippen MR) is 79.5 cm³/mol. The Bertz CT molecular complexity index is 420. The third kappa shape index (κ3) is 2.63. The third-order valence-corrected chi connectivity index (χ3v) is 6.04. The van der Waals surface area contributed by atoms with Crippen LogP contribution in [0.5, 0.6) is 0 Å². The van der Waals surface area contributed by atoms with E-state index in [9.17, 15) is 14.7 Å². The van der Waals surface area contributed by atoms with E-state index in [1.807, 2.05) is 0 Å². The van der Waals surface area contributed by atoms with Gasteiger partial charge in [0.15, 0.2) is 0 Å². The van der Waals surface area contributed by atoms with Crippen LogP contribution < -0.4 is 0 Å². The summed E-state index contributed by atoms with van der Waals surface area (Å²) >= 11 is 0. The van der Waals surface area contributed by atoms with Gasteiger partial charge in [0.1, 0.15) is 0 Å². The summed E-state index contributed by atoms with van der Waals surface area (Å²) in [5.74, 6) is 0.0610. The lowest BCUT2D eigenvalue weighted by molar-refractivity contribution is -0.145. The Morgan fingerprint density at radius 3 is 2.05 bits per heavy atom. The summed E-state index contributed by atoms with van der Waals surface area (Å²) in [6, 6.07) is 0. The number of aliphatic hydroxyl groups is 1. The number of hydrogen-bond acceptors (Lipinski definition) is 3. The molecule has 0 aromatic heterocycles. The fourth-order valence-electron chi connectivity index (χ4n) is 4.64. The fourth-order valence-corrected chi connectivity index (χ4v) is 4.64. The number of hydrogen-bond donors (Lipinski definition) is 1. The minimum atomic E-state index is -0.388. The second kappa shape index (κ2) is 5.71. The standard InChI is InChI=1S/C17H27NO3/c19-13-16(7-3-1-4-8-16)12-18-14(20)11-17(15(18)21)9-5-2-6-10-17/h19H,1-13H2. The van der Waals surface area contributed by atoms with Gasteiger partial charge in [-0.2, -0.15) is 0 Å². The van der Waals surface area contributed by atoms with E-state index in [1.165, 1.54) is 17.7 Å². The van der Waals surface area contributed by atoms with Crippen molar-refractivity contribution in [2.75, 3.05) is 13.2 Å². The molecule has 3 fully saturated rings. The zero-order valence-corrected chi connectivity index (χ0v) is 12.9. The Morgan fingerprint density at radius 1 is 0.905 bits per heavy atom. The van der Waals surface area contributed by atoms with E-state index in [-0.39, 0.29) is 29.3 Å². The smallest absolute Gasteiger partial charge is 0.235 e. The molecule has 0 atom stereocenters. The van der Waals surface area contributed by atoms with Crippen molar-refractivity contribution in [1.29, 1.82) is 0 Å². The Morgan fingerprint density at radius 2 is 1.48 bits per heavy atom. The van der Waals surface area contributed by atoms with Crippen molar-refractivity contribution < 1.29 is 14.7 Å². The van der Waals surface area contributed by atoms with Crippen molar-refractivity contribution >= 4 is 11.8 Å². The largest absolute Gasteiger partial charge is 0.396 e. The van der Waals surface area contributed by atoms with E-state index < -0.39 is 0 Å². The summed E-state index contributed by atoms with van der Waals surface area (Å²) in [7, 11) is 0. The Hall–Kier alpha value is -0.900. The van der Waals surface area contributed by atoms with Crippen LogP contribution in [0.3, 0.4) is 0 Å². The average molecular weight is 293 g/mol. The van der Waals surface area contributed by atoms with Crippen molar-refractivity contribution in [3.8, 4) is 0 Å². The lowest BCUT2D eigenvalue weighted by Crippen LogP contribution is -2.46. The summed E-state index contributed by atoms with van der Waals surface area (Å²) in [4.78, 5) is 26.8. The van der Waals surface area contributed by atoms with Gasteiger partial charge in [-0.15, -0.1) is 0 Å². The Labute approximate surface area is 126 Å². The van der Waals surface area contributed by atoms with Gasteiger partial charge in [0.05, 0.1) is 12.0 Å². The number of nitrogens with zero attached hydrogens (tertiary/aromatic N) is 1. The quantitative estimate of drug-likeness (QED) is 0.814. The maximum absolute atomic E-state index is 12.8. The molecular formula is C17H27NO3. The van der Waals surface area contributed by atoms with Gasteiger partial charge < -0.3 is 5.11 Å². The predicted octanol–water partition coefficient (Wildman–Crippen LogP) is 2.64. The maximum atomic E-state index is 12.8. The molecule has 21 heavy (non-hydrogen) atoms. The van der Waals surface area contributed by atoms with Crippen LogP contribution >= 0.6 is 0 Å². The van der Waals surface area contributed by atoms with E-state index in [0.29, 0.717) is 13.0 Å². The number of carbonyl (C=O) groups is 2. The topological polar surface area (TPSA) is 57.6 Å². The normalized spacial score (nSPS) is 28.3. The zero-order valence-electron chi connectivity index (χ0n) is 12.9. The molecule has 1 aliphatic heterocycles. The van der Waals surface area contributed by atoms with E-state index in [4.69, 9.17) is 0 Å². The molecule has 4 nitrogen and oxygen atoms in total. The number of aliphatic hydroxyl groups excluding tert-OH is 1. The van der Waals surface area contributed by atoms with Crippen LogP contribution in [0.4, 0.5) is 0 Å². The highest BCUT2D eigenvalue weighted by Crippen LogP contribution is 2.47. The van der Waals surface area contributed by atoms with Crippen molar-refractivity contribution in [1.82, 2.24) is 4.90 Å². The molecule has 0 aromatic rings. The first-order valence-corrected chi connectivity index (χ1v) is 8.57. The summed E-state index contributed by atoms with van der Waals surface area (Å²) in [5, 5.41) is 9.83. The SMILES string of the molecule is O=C1CC2(CCCCC2)C(=O)N1CC1(CO)CCCCC1. The number of amides is 2. The maximum Gasteiger partial charge on any atom is 0.235 e. The van der Waals surface area contributed by atoms with Gasteiger partial charge in [-0.1, -0.05) is 38.5 Å². The van der Waals surface area contributed by atoms with Crippen LogP contribution in [0.2, 0.25) is 0 Å². The number of likely N-dealkylation sites (tertiary alicyclic amines) is 1. The van der Waals surface area contributed by atoms with Gasteiger partial charge >= 0.3 is 0 Å². The van der Waals surface area contributed by atoms with Crippen LogP contribution in [-0.4, -0.2) is 35.0 Å². The molecule has 1 N–H and O–H groups in total. The molecule has 3 rings (SSSR count). The highest BCUT2D eigenvalue weighted by molar-refractivity contribution is 6.06. The van der Waals surface area contributed by atoms with Crippen molar-refractivity contribution in [3.05, 3.63) is 0 Å². The molecule has 118 valence electrons. The Kier molecular flexibility index (Phi) is 4.08. The molecule has 4 heteroatoms. The van der Waals surface area contributed by atoms with Crippen LogP contribution in [0.15, 0.2) is 0 Å². The molecule has 3 aliphatic rings. The first-order chi connectivity index (χ1) is 10.1. The molecule has 2 amide bonds. The van der Waals surface area contributed by atoms with Gasteiger partial charge in [-0.05, 0) is 25.7 Å². The molecule has 1 saturated heterocycles. The first kappa shape index (κ1) is 15.0. The molecule has 1 spiro atoms. The second-order valence-corrected chi connectivity index (χ2v) is 7.52. The number of rotatable bonds is 3. The van der Waals surface area contributed by atoms with Gasteiger partial charge in [-0.3, -0.25) is 14.5 Å². The second-order valence-electron chi connectivity index (χ2n) is 7.52. The number of imide groups is 1. The van der Waals surface area contributed by atoms with Crippen molar-refractivity contribution in [3.63, 3.8) is 0 Å². The lowest BCUT2D eigenvalue weighted by atomic mass is 9.72. The highest BCUT2D eigenvalue weighted by Gasteiger charge is 2.53. The van der Waals surface area contributed by atoms with Crippen LogP contribution in [0.1, 0.15) is 70.6 Å². The van der Waals surface area contributed by atoms with Crippen molar-refractivity contribution in [2.24, 2.45) is 10.8 Å². The summed E-state index contributed by atoms with van der Waals surface area (Å²) in [6.07, 6.45) is 10.8. The zero-order chi connectivity index (χ0) is 14.9. The van der Waals surface area contributed by atoms with E-state index in [0.717, 1.165) is 51.4 Å². The lowest BCUT2D eigenvalue weighted by Gasteiger charge is -2.39. The van der Waals surface area contributed by atoms with E-state index in [1.54, 1.807) is 0 Å². The molecule has 1 heterocycles. The van der Waals surface area contributed by atoms with Gasteiger partial charge in [0.25, 0.3) is 0 Å². The van der Waals surface area contributed by atoms with E-state index in [2.05, 4.69) is 0 Å².